The van der Waals surface area contributed by atoms with Crippen molar-refractivity contribution >= 4 is 17.1 Å². The topological polar surface area (TPSA) is 35.5 Å². The van der Waals surface area contributed by atoms with Crippen LogP contribution in [0.5, 0.6) is 0 Å². The molecule has 106 valence electrons. The smallest absolute Gasteiger partial charge is 0.193 e. The van der Waals surface area contributed by atoms with Gasteiger partial charge in [0.1, 0.15) is 0 Å². The highest BCUT2D eigenvalue weighted by atomic mass is 32.1. The van der Waals surface area contributed by atoms with E-state index in [-0.39, 0.29) is 18.0 Å². The Labute approximate surface area is 118 Å². The summed E-state index contributed by atoms with van der Waals surface area (Å²) in [5.74, 6) is 0.446. The molecule has 1 saturated heterocycles. The fraction of sp³-hybridized carbons (Fsp3) is 0.667. The molecule has 1 aromatic heterocycles. The molecule has 0 amide bonds. The lowest BCUT2D eigenvalue weighted by atomic mass is 9.94. The first-order valence-corrected chi connectivity index (χ1v) is 7.95. The van der Waals surface area contributed by atoms with Gasteiger partial charge in [-0.05, 0) is 25.0 Å². The average Bonchev–Trinajstić information content (AvgIpc) is 3.10. The van der Waals surface area contributed by atoms with E-state index in [4.69, 9.17) is 9.47 Å². The predicted molar refractivity (Wildman–Crippen MR) is 76.6 cm³/mol. The molecular formula is C15H22O3S. The van der Waals surface area contributed by atoms with E-state index in [1.165, 1.54) is 11.3 Å². The molecule has 1 fully saturated rings. The number of thiophene rings is 1. The van der Waals surface area contributed by atoms with Crippen molar-refractivity contribution in [2.45, 2.75) is 45.8 Å². The van der Waals surface area contributed by atoms with E-state index in [1.54, 1.807) is 0 Å². The standard InChI is InChI=1S/C15H22O3S/c1-3-5-6-11(4-2)14(16)12-7-8-13(19-12)15-17-9-10-18-15/h7-8,11,15H,3-6,9-10H2,1-2H3. The maximum atomic E-state index is 12.4. The molecule has 0 aromatic carbocycles. The Kier molecular flexibility index (Phi) is 5.55. The van der Waals surface area contributed by atoms with Crippen LogP contribution in [0.15, 0.2) is 12.1 Å². The summed E-state index contributed by atoms with van der Waals surface area (Å²) < 4.78 is 10.9. The SMILES string of the molecule is CCCCC(CC)C(=O)c1ccc(C2OCCO2)s1. The maximum absolute atomic E-state index is 12.4. The monoisotopic (exact) mass is 282 g/mol. The Morgan fingerprint density at radius 3 is 2.74 bits per heavy atom. The van der Waals surface area contributed by atoms with E-state index in [9.17, 15) is 4.79 Å². The molecule has 19 heavy (non-hydrogen) atoms. The molecule has 1 aliphatic heterocycles. The highest BCUT2D eigenvalue weighted by molar-refractivity contribution is 7.14. The van der Waals surface area contributed by atoms with Gasteiger partial charge in [0.2, 0.25) is 0 Å². The first-order chi connectivity index (χ1) is 9.26. The van der Waals surface area contributed by atoms with Crippen LogP contribution in [0, 0.1) is 5.92 Å². The van der Waals surface area contributed by atoms with Gasteiger partial charge < -0.3 is 9.47 Å². The molecule has 0 bridgehead atoms. The Morgan fingerprint density at radius 1 is 1.37 bits per heavy atom. The summed E-state index contributed by atoms with van der Waals surface area (Å²) in [5, 5.41) is 0. The Morgan fingerprint density at radius 2 is 2.11 bits per heavy atom. The number of carbonyl (C=O) groups is 1. The van der Waals surface area contributed by atoms with Gasteiger partial charge in [-0.15, -0.1) is 11.3 Å². The lowest BCUT2D eigenvalue weighted by Crippen LogP contribution is -2.12. The lowest BCUT2D eigenvalue weighted by molar-refractivity contribution is -0.0413. The number of unbranched alkanes of at least 4 members (excludes halogenated alkanes) is 1. The Hall–Kier alpha value is -0.710. The van der Waals surface area contributed by atoms with Gasteiger partial charge in [-0.1, -0.05) is 26.7 Å². The van der Waals surface area contributed by atoms with Crippen molar-refractivity contribution in [3.8, 4) is 0 Å². The fourth-order valence-electron chi connectivity index (χ4n) is 2.31. The van der Waals surface area contributed by atoms with Crippen LogP contribution in [-0.2, 0) is 9.47 Å². The number of Topliss-reactive ketones (excluding diaryl/α,β-unsaturated/α-hetero) is 1. The van der Waals surface area contributed by atoms with Gasteiger partial charge in [0, 0.05) is 5.92 Å². The van der Waals surface area contributed by atoms with E-state index in [0.717, 1.165) is 35.4 Å². The van der Waals surface area contributed by atoms with Crippen LogP contribution in [0.4, 0.5) is 0 Å². The average molecular weight is 282 g/mol. The minimum atomic E-state index is -0.262. The molecule has 2 rings (SSSR count). The molecule has 1 unspecified atom stereocenters. The molecule has 1 aromatic rings. The van der Waals surface area contributed by atoms with Crippen molar-refractivity contribution in [3.63, 3.8) is 0 Å². The van der Waals surface area contributed by atoms with Crippen molar-refractivity contribution in [1.82, 2.24) is 0 Å². The first kappa shape index (κ1) is 14.7. The largest absolute Gasteiger partial charge is 0.345 e. The molecule has 0 radical (unpaired) electrons. The molecule has 0 aliphatic carbocycles. The summed E-state index contributed by atoms with van der Waals surface area (Å²) in [6.07, 6.45) is 3.92. The zero-order valence-corrected chi connectivity index (χ0v) is 12.5. The zero-order valence-electron chi connectivity index (χ0n) is 11.7. The van der Waals surface area contributed by atoms with Crippen molar-refractivity contribution in [3.05, 3.63) is 21.9 Å². The Balaban J connectivity index is 2.01. The maximum Gasteiger partial charge on any atom is 0.193 e. The highest BCUT2D eigenvalue weighted by Crippen LogP contribution is 2.31. The second-order valence-electron chi connectivity index (χ2n) is 4.89. The van der Waals surface area contributed by atoms with E-state index >= 15 is 0 Å². The summed E-state index contributed by atoms with van der Waals surface area (Å²) in [6, 6.07) is 3.88. The summed E-state index contributed by atoms with van der Waals surface area (Å²) in [5.41, 5.74) is 0. The van der Waals surface area contributed by atoms with Gasteiger partial charge in [-0.3, -0.25) is 4.79 Å². The molecule has 2 heterocycles. The third-order valence-electron chi connectivity index (χ3n) is 3.49. The zero-order chi connectivity index (χ0) is 13.7. The molecule has 0 spiro atoms. The number of ether oxygens (including phenoxy) is 2. The molecule has 4 heteroatoms. The van der Waals surface area contributed by atoms with Crippen LogP contribution >= 0.6 is 11.3 Å². The molecule has 0 N–H and O–H groups in total. The quantitative estimate of drug-likeness (QED) is 0.703. The minimum absolute atomic E-state index is 0.164. The van der Waals surface area contributed by atoms with Crippen LogP contribution in [-0.4, -0.2) is 19.0 Å². The summed E-state index contributed by atoms with van der Waals surface area (Å²) in [4.78, 5) is 14.3. The van der Waals surface area contributed by atoms with Gasteiger partial charge >= 0.3 is 0 Å². The lowest BCUT2D eigenvalue weighted by Gasteiger charge is -2.11. The number of hydrogen-bond donors (Lipinski definition) is 0. The predicted octanol–water partition coefficient (Wildman–Crippen LogP) is 4.19. The van der Waals surface area contributed by atoms with Crippen LogP contribution in [0.1, 0.15) is 60.4 Å². The van der Waals surface area contributed by atoms with Gasteiger partial charge in [-0.2, -0.15) is 0 Å². The van der Waals surface area contributed by atoms with Crippen LogP contribution < -0.4 is 0 Å². The van der Waals surface area contributed by atoms with E-state index in [2.05, 4.69) is 13.8 Å². The third kappa shape index (κ3) is 3.65. The molecular weight excluding hydrogens is 260 g/mol. The van der Waals surface area contributed by atoms with Crippen LogP contribution in [0.25, 0.3) is 0 Å². The second kappa shape index (κ2) is 7.17. The molecule has 1 aliphatic rings. The van der Waals surface area contributed by atoms with Crippen LogP contribution in [0.3, 0.4) is 0 Å². The summed E-state index contributed by atoms with van der Waals surface area (Å²) >= 11 is 1.52. The molecule has 3 nitrogen and oxygen atoms in total. The third-order valence-corrected chi connectivity index (χ3v) is 4.61. The number of ketones is 1. The number of carbonyl (C=O) groups excluding carboxylic acids is 1. The van der Waals surface area contributed by atoms with E-state index in [0.29, 0.717) is 13.2 Å². The van der Waals surface area contributed by atoms with Gasteiger partial charge in [-0.25, -0.2) is 0 Å². The van der Waals surface area contributed by atoms with Crippen molar-refractivity contribution < 1.29 is 14.3 Å². The fourth-order valence-corrected chi connectivity index (χ4v) is 3.33. The number of hydrogen-bond acceptors (Lipinski definition) is 4. The van der Waals surface area contributed by atoms with Crippen molar-refractivity contribution in [1.29, 1.82) is 0 Å². The van der Waals surface area contributed by atoms with Crippen molar-refractivity contribution in [2.75, 3.05) is 13.2 Å². The number of rotatable bonds is 7. The molecule has 1 atom stereocenters. The van der Waals surface area contributed by atoms with Gasteiger partial charge in [0.15, 0.2) is 12.1 Å². The normalized spacial score (nSPS) is 17.8. The molecule has 0 saturated carbocycles. The van der Waals surface area contributed by atoms with E-state index < -0.39 is 0 Å². The van der Waals surface area contributed by atoms with Gasteiger partial charge in [0.05, 0.1) is 23.0 Å². The minimum Gasteiger partial charge on any atom is -0.345 e. The van der Waals surface area contributed by atoms with Crippen molar-refractivity contribution in [2.24, 2.45) is 5.92 Å². The van der Waals surface area contributed by atoms with E-state index in [1.807, 2.05) is 12.1 Å². The first-order valence-electron chi connectivity index (χ1n) is 7.13. The van der Waals surface area contributed by atoms with Gasteiger partial charge in [0.25, 0.3) is 0 Å². The Bertz CT molecular complexity index is 407. The van der Waals surface area contributed by atoms with Crippen LogP contribution in [0.2, 0.25) is 0 Å². The summed E-state index contributed by atoms with van der Waals surface area (Å²) in [6.45, 7) is 5.53. The highest BCUT2D eigenvalue weighted by Gasteiger charge is 2.24. The summed E-state index contributed by atoms with van der Waals surface area (Å²) in [7, 11) is 0. The second-order valence-corrected chi connectivity index (χ2v) is 6.00.